The minimum absolute atomic E-state index is 0.0113. The summed E-state index contributed by atoms with van der Waals surface area (Å²) in [4.78, 5) is 16.7. The molecule has 0 spiro atoms. The summed E-state index contributed by atoms with van der Waals surface area (Å²) in [5.41, 5.74) is 5.72. The summed E-state index contributed by atoms with van der Waals surface area (Å²) in [7, 11) is 0. The lowest BCUT2D eigenvalue weighted by atomic mass is 10.1. The second-order valence-corrected chi connectivity index (χ2v) is 4.18. The molecule has 1 atom stereocenters. The molecule has 0 aromatic carbocycles. The number of carboxylic acid groups (broad SMARTS) is 1. The fourth-order valence-corrected chi connectivity index (χ4v) is 2.04. The molecule has 0 aliphatic carbocycles. The predicted molar refractivity (Wildman–Crippen MR) is 60.6 cm³/mol. The van der Waals surface area contributed by atoms with Crippen molar-refractivity contribution in [3.8, 4) is 0 Å². The second kappa shape index (κ2) is 4.67. The first-order valence-corrected chi connectivity index (χ1v) is 5.47. The van der Waals surface area contributed by atoms with E-state index in [0.29, 0.717) is 18.9 Å². The first-order chi connectivity index (χ1) is 8.08. The van der Waals surface area contributed by atoms with Crippen LogP contribution in [0.1, 0.15) is 23.2 Å². The summed E-state index contributed by atoms with van der Waals surface area (Å²) >= 11 is 0. The van der Waals surface area contributed by atoms with Crippen LogP contribution in [0.4, 0.5) is 10.2 Å². The van der Waals surface area contributed by atoms with Gasteiger partial charge in [-0.15, -0.1) is 0 Å². The maximum absolute atomic E-state index is 13.0. The van der Waals surface area contributed by atoms with Crippen molar-refractivity contribution < 1.29 is 14.3 Å². The minimum Gasteiger partial charge on any atom is -0.478 e. The molecular weight excluding hydrogens is 225 g/mol. The molecule has 17 heavy (non-hydrogen) atoms. The van der Waals surface area contributed by atoms with Crippen LogP contribution in [0.15, 0.2) is 12.3 Å². The molecule has 1 aromatic rings. The molecule has 1 fully saturated rings. The van der Waals surface area contributed by atoms with Gasteiger partial charge in [0.25, 0.3) is 0 Å². The van der Waals surface area contributed by atoms with Crippen molar-refractivity contribution in [3.63, 3.8) is 0 Å². The van der Waals surface area contributed by atoms with Gasteiger partial charge in [0.05, 0.1) is 6.20 Å². The number of carboxylic acids is 1. The van der Waals surface area contributed by atoms with Crippen molar-refractivity contribution in [1.82, 2.24) is 4.98 Å². The number of piperidine rings is 1. The van der Waals surface area contributed by atoms with E-state index in [2.05, 4.69) is 4.98 Å². The molecule has 92 valence electrons. The molecule has 2 heterocycles. The van der Waals surface area contributed by atoms with Gasteiger partial charge in [-0.1, -0.05) is 0 Å². The lowest BCUT2D eigenvalue weighted by Crippen LogP contribution is -2.43. The summed E-state index contributed by atoms with van der Waals surface area (Å²) in [5, 5.41) is 9.02. The van der Waals surface area contributed by atoms with Gasteiger partial charge in [0, 0.05) is 19.1 Å². The zero-order valence-corrected chi connectivity index (χ0v) is 9.27. The highest BCUT2D eigenvalue weighted by atomic mass is 19.1. The van der Waals surface area contributed by atoms with E-state index >= 15 is 0 Å². The molecule has 0 bridgehead atoms. The van der Waals surface area contributed by atoms with Crippen LogP contribution in [-0.4, -0.2) is 35.2 Å². The van der Waals surface area contributed by atoms with Gasteiger partial charge in [0.1, 0.15) is 17.2 Å². The van der Waals surface area contributed by atoms with Crippen molar-refractivity contribution in [2.75, 3.05) is 18.0 Å². The molecule has 0 saturated carbocycles. The number of carbonyl (C=O) groups is 1. The quantitative estimate of drug-likeness (QED) is 0.799. The van der Waals surface area contributed by atoms with Crippen LogP contribution >= 0.6 is 0 Å². The van der Waals surface area contributed by atoms with Gasteiger partial charge in [0.15, 0.2) is 0 Å². The normalized spacial score (nSPS) is 20.4. The zero-order valence-electron chi connectivity index (χ0n) is 9.27. The highest BCUT2D eigenvalue weighted by molar-refractivity contribution is 5.93. The predicted octanol–water partition coefficient (Wildman–Crippen LogP) is 0.846. The van der Waals surface area contributed by atoms with Crippen LogP contribution in [0.2, 0.25) is 0 Å². The summed E-state index contributed by atoms with van der Waals surface area (Å²) in [5.74, 6) is -1.52. The summed E-state index contributed by atoms with van der Waals surface area (Å²) in [6.07, 6.45) is 2.83. The Balaban J connectivity index is 2.33. The van der Waals surface area contributed by atoms with Gasteiger partial charge < -0.3 is 15.7 Å². The van der Waals surface area contributed by atoms with E-state index in [4.69, 9.17) is 10.8 Å². The molecule has 6 heteroatoms. The lowest BCUT2D eigenvalue weighted by molar-refractivity contribution is 0.0696. The molecule has 0 radical (unpaired) electrons. The standard InChI is InChI=1S/C11H14FN3O2/c12-7-4-9(11(16)17)10(14-5-7)15-3-1-2-8(13)6-15/h4-5,8H,1-3,6,13H2,(H,16,17). The fourth-order valence-electron chi connectivity index (χ4n) is 2.04. The largest absolute Gasteiger partial charge is 0.478 e. The van der Waals surface area contributed by atoms with Crippen LogP contribution in [0.3, 0.4) is 0 Å². The van der Waals surface area contributed by atoms with Crippen LogP contribution in [0, 0.1) is 5.82 Å². The van der Waals surface area contributed by atoms with Crippen molar-refractivity contribution >= 4 is 11.8 Å². The SMILES string of the molecule is NC1CCCN(c2ncc(F)cc2C(=O)O)C1. The molecule has 2 rings (SSSR count). The number of hydrogen-bond donors (Lipinski definition) is 2. The van der Waals surface area contributed by atoms with E-state index < -0.39 is 11.8 Å². The molecule has 0 amide bonds. The van der Waals surface area contributed by atoms with Crippen molar-refractivity contribution in [1.29, 1.82) is 0 Å². The Morgan fingerprint density at radius 1 is 1.65 bits per heavy atom. The van der Waals surface area contributed by atoms with E-state index in [0.717, 1.165) is 25.1 Å². The molecule has 1 aliphatic rings. The number of pyridine rings is 1. The molecule has 1 aromatic heterocycles. The van der Waals surface area contributed by atoms with Gasteiger partial charge in [-0.3, -0.25) is 0 Å². The Morgan fingerprint density at radius 3 is 3.06 bits per heavy atom. The number of hydrogen-bond acceptors (Lipinski definition) is 4. The number of anilines is 1. The second-order valence-electron chi connectivity index (χ2n) is 4.18. The Hall–Kier alpha value is -1.69. The van der Waals surface area contributed by atoms with Crippen LogP contribution < -0.4 is 10.6 Å². The van der Waals surface area contributed by atoms with Crippen molar-refractivity contribution in [2.24, 2.45) is 5.73 Å². The zero-order chi connectivity index (χ0) is 12.4. The van der Waals surface area contributed by atoms with E-state index in [1.807, 2.05) is 0 Å². The number of nitrogens with two attached hydrogens (primary N) is 1. The maximum atomic E-state index is 13.0. The van der Waals surface area contributed by atoms with Crippen LogP contribution in [0.25, 0.3) is 0 Å². The topological polar surface area (TPSA) is 79.5 Å². The highest BCUT2D eigenvalue weighted by Crippen LogP contribution is 2.22. The highest BCUT2D eigenvalue weighted by Gasteiger charge is 2.23. The van der Waals surface area contributed by atoms with Crippen molar-refractivity contribution in [3.05, 3.63) is 23.6 Å². The van der Waals surface area contributed by atoms with E-state index in [1.165, 1.54) is 0 Å². The molecule has 1 saturated heterocycles. The third-order valence-electron chi connectivity index (χ3n) is 2.82. The molecule has 5 nitrogen and oxygen atoms in total. The number of aromatic carboxylic acids is 1. The molecule has 1 unspecified atom stereocenters. The van der Waals surface area contributed by atoms with E-state index in [-0.39, 0.29) is 11.6 Å². The first kappa shape index (κ1) is 11.8. The van der Waals surface area contributed by atoms with E-state index in [9.17, 15) is 9.18 Å². The number of rotatable bonds is 2. The molecular formula is C11H14FN3O2. The average molecular weight is 239 g/mol. The maximum Gasteiger partial charge on any atom is 0.339 e. The number of aromatic nitrogens is 1. The van der Waals surface area contributed by atoms with E-state index in [1.54, 1.807) is 4.90 Å². The Labute approximate surface area is 98.1 Å². The van der Waals surface area contributed by atoms with Crippen LogP contribution in [-0.2, 0) is 0 Å². The summed E-state index contributed by atoms with van der Waals surface area (Å²) in [6.45, 7) is 1.26. The molecule has 3 N–H and O–H groups in total. The lowest BCUT2D eigenvalue weighted by Gasteiger charge is -2.32. The number of nitrogens with zero attached hydrogens (tertiary/aromatic N) is 2. The Morgan fingerprint density at radius 2 is 2.41 bits per heavy atom. The molecule has 1 aliphatic heterocycles. The fraction of sp³-hybridized carbons (Fsp3) is 0.455. The van der Waals surface area contributed by atoms with Crippen molar-refractivity contribution in [2.45, 2.75) is 18.9 Å². The van der Waals surface area contributed by atoms with Gasteiger partial charge >= 0.3 is 5.97 Å². The smallest absolute Gasteiger partial charge is 0.339 e. The summed E-state index contributed by atoms with van der Waals surface area (Å²) in [6, 6.07) is 1.00. The Bertz CT molecular complexity index is 439. The third-order valence-corrected chi connectivity index (χ3v) is 2.82. The van der Waals surface area contributed by atoms with Gasteiger partial charge in [0.2, 0.25) is 0 Å². The summed E-state index contributed by atoms with van der Waals surface area (Å²) < 4.78 is 13.0. The van der Waals surface area contributed by atoms with Gasteiger partial charge in [-0.05, 0) is 18.9 Å². The first-order valence-electron chi connectivity index (χ1n) is 5.47. The Kier molecular flexibility index (Phi) is 3.23. The third kappa shape index (κ3) is 2.52. The van der Waals surface area contributed by atoms with Gasteiger partial charge in [-0.25, -0.2) is 14.2 Å². The number of halogens is 1. The van der Waals surface area contributed by atoms with Gasteiger partial charge in [-0.2, -0.15) is 0 Å². The minimum atomic E-state index is -1.17. The van der Waals surface area contributed by atoms with Crippen LogP contribution in [0.5, 0.6) is 0 Å². The monoisotopic (exact) mass is 239 g/mol. The average Bonchev–Trinajstić information content (AvgIpc) is 2.28.